The van der Waals surface area contributed by atoms with Gasteiger partial charge in [0.05, 0.1) is 0 Å². The maximum atomic E-state index is 5.58. The van der Waals surface area contributed by atoms with Gasteiger partial charge < -0.3 is 0 Å². The van der Waals surface area contributed by atoms with E-state index < -0.39 is 0 Å². The number of aryl methyl sites for hydroxylation is 1. The van der Waals surface area contributed by atoms with Crippen molar-refractivity contribution in [2.24, 2.45) is 11.8 Å². The molecular formula is C12H21N3. The van der Waals surface area contributed by atoms with E-state index in [0.29, 0.717) is 5.92 Å². The van der Waals surface area contributed by atoms with Crippen molar-refractivity contribution in [3.05, 3.63) is 29.6 Å². The monoisotopic (exact) mass is 207 g/mol. The third-order valence-electron chi connectivity index (χ3n) is 2.83. The lowest BCUT2D eigenvalue weighted by Gasteiger charge is -2.19. The highest BCUT2D eigenvalue weighted by atomic mass is 15.2. The Labute approximate surface area is 92.1 Å². The molecular weight excluding hydrogens is 186 g/mol. The average molecular weight is 207 g/mol. The highest BCUT2D eigenvalue weighted by Gasteiger charge is 2.13. The number of hydrogen-bond acceptors (Lipinski definition) is 3. The van der Waals surface area contributed by atoms with E-state index >= 15 is 0 Å². The zero-order valence-corrected chi connectivity index (χ0v) is 9.83. The molecule has 1 aromatic heterocycles. The second-order valence-electron chi connectivity index (χ2n) is 4.26. The minimum Gasteiger partial charge on any atom is -0.271 e. The Kier molecular flexibility index (Phi) is 4.72. The molecule has 2 unspecified atom stereocenters. The van der Waals surface area contributed by atoms with Gasteiger partial charge in [-0.1, -0.05) is 26.3 Å². The van der Waals surface area contributed by atoms with Crippen LogP contribution in [0.4, 0.5) is 0 Å². The summed E-state index contributed by atoms with van der Waals surface area (Å²) in [6.07, 6.45) is 5.98. The first-order valence-electron chi connectivity index (χ1n) is 5.55. The van der Waals surface area contributed by atoms with Crippen molar-refractivity contribution in [2.75, 3.05) is 0 Å². The molecule has 1 heterocycles. The van der Waals surface area contributed by atoms with E-state index in [-0.39, 0.29) is 6.04 Å². The molecule has 0 spiro atoms. The van der Waals surface area contributed by atoms with E-state index in [1.165, 1.54) is 17.5 Å². The molecule has 15 heavy (non-hydrogen) atoms. The number of pyridine rings is 1. The van der Waals surface area contributed by atoms with Crippen molar-refractivity contribution in [1.82, 2.24) is 10.4 Å². The van der Waals surface area contributed by atoms with Gasteiger partial charge in [0.15, 0.2) is 0 Å². The summed E-state index contributed by atoms with van der Waals surface area (Å²) >= 11 is 0. The van der Waals surface area contributed by atoms with Crippen molar-refractivity contribution in [3.63, 3.8) is 0 Å². The predicted molar refractivity (Wildman–Crippen MR) is 63.1 cm³/mol. The maximum absolute atomic E-state index is 5.58. The van der Waals surface area contributed by atoms with Gasteiger partial charge in [0.1, 0.15) is 0 Å². The van der Waals surface area contributed by atoms with Crippen molar-refractivity contribution >= 4 is 0 Å². The van der Waals surface area contributed by atoms with E-state index in [4.69, 9.17) is 5.84 Å². The standard InChI is InChI=1S/C12H21N3/c1-4-9(2)6-12(15-13)11-5-10(3)7-14-8-11/h5,7-9,12,15H,4,6,13H2,1-3H3. The second-order valence-corrected chi connectivity index (χ2v) is 4.26. The molecule has 1 rings (SSSR count). The van der Waals surface area contributed by atoms with Gasteiger partial charge in [0, 0.05) is 18.4 Å². The molecule has 3 N–H and O–H groups in total. The van der Waals surface area contributed by atoms with Gasteiger partial charge in [-0.15, -0.1) is 0 Å². The predicted octanol–water partition coefficient (Wildman–Crippen LogP) is 2.33. The zero-order valence-electron chi connectivity index (χ0n) is 9.83. The van der Waals surface area contributed by atoms with E-state index in [1.807, 2.05) is 19.3 Å². The molecule has 3 nitrogen and oxygen atoms in total. The van der Waals surface area contributed by atoms with Gasteiger partial charge in [0.25, 0.3) is 0 Å². The molecule has 84 valence electrons. The van der Waals surface area contributed by atoms with E-state index in [0.717, 1.165) is 6.42 Å². The summed E-state index contributed by atoms with van der Waals surface area (Å²) in [5.41, 5.74) is 5.23. The van der Waals surface area contributed by atoms with E-state index in [9.17, 15) is 0 Å². The number of rotatable bonds is 5. The fraction of sp³-hybridized carbons (Fsp3) is 0.583. The maximum Gasteiger partial charge on any atom is 0.0477 e. The lowest BCUT2D eigenvalue weighted by atomic mass is 9.95. The number of hydrogen-bond donors (Lipinski definition) is 2. The van der Waals surface area contributed by atoms with Crippen molar-refractivity contribution in [2.45, 2.75) is 39.7 Å². The Morgan fingerprint density at radius 1 is 1.47 bits per heavy atom. The number of aromatic nitrogens is 1. The quantitative estimate of drug-likeness (QED) is 0.575. The van der Waals surface area contributed by atoms with Crippen LogP contribution in [0.2, 0.25) is 0 Å². The molecule has 0 radical (unpaired) electrons. The number of hydrazine groups is 1. The SMILES string of the molecule is CCC(C)CC(NN)c1cncc(C)c1. The first-order chi connectivity index (χ1) is 7.17. The molecule has 2 atom stereocenters. The minimum absolute atomic E-state index is 0.215. The fourth-order valence-electron chi connectivity index (χ4n) is 1.64. The van der Waals surface area contributed by atoms with Gasteiger partial charge in [0.2, 0.25) is 0 Å². The Hall–Kier alpha value is -0.930. The third-order valence-corrected chi connectivity index (χ3v) is 2.83. The molecule has 0 aromatic carbocycles. The van der Waals surface area contributed by atoms with Gasteiger partial charge >= 0.3 is 0 Å². The van der Waals surface area contributed by atoms with Crippen LogP contribution in [-0.2, 0) is 0 Å². The lowest BCUT2D eigenvalue weighted by molar-refractivity contribution is 0.407. The summed E-state index contributed by atoms with van der Waals surface area (Å²) in [6, 6.07) is 2.35. The highest BCUT2D eigenvalue weighted by molar-refractivity contribution is 5.20. The average Bonchev–Trinajstić information content (AvgIpc) is 2.25. The zero-order chi connectivity index (χ0) is 11.3. The van der Waals surface area contributed by atoms with Crippen LogP contribution in [-0.4, -0.2) is 4.98 Å². The number of nitrogens with zero attached hydrogens (tertiary/aromatic N) is 1. The van der Waals surface area contributed by atoms with E-state index in [1.54, 1.807) is 0 Å². The molecule has 0 fully saturated rings. The van der Waals surface area contributed by atoms with Crippen LogP contribution in [0.1, 0.15) is 43.9 Å². The minimum atomic E-state index is 0.215. The summed E-state index contributed by atoms with van der Waals surface area (Å²) in [5, 5.41) is 0. The largest absolute Gasteiger partial charge is 0.271 e. The summed E-state index contributed by atoms with van der Waals surface area (Å²) < 4.78 is 0. The van der Waals surface area contributed by atoms with Crippen LogP contribution in [0.25, 0.3) is 0 Å². The van der Waals surface area contributed by atoms with E-state index in [2.05, 4.69) is 30.3 Å². The summed E-state index contributed by atoms with van der Waals surface area (Å²) in [4.78, 5) is 4.19. The molecule has 0 aliphatic rings. The van der Waals surface area contributed by atoms with Crippen molar-refractivity contribution in [3.8, 4) is 0 Å². The molecule has 3 heteroatoms. The van der Waals surface area contributed by atoms with Gasteiger partial charge in [-0.3, -0.25) is 16.3 Å². The van der Waals surface area contributed by atoms with Crippen LogP contribution >= 0.6 is 0 Å². The van der Waals surface area contributed by atoms with Crippen LogP contribution in [0, 0.1) is 12.8 Å². The van der Waals surface area contributed by atoms with Crippen LogP contribution in [0.3, 0.4) is 0 Å². The Balaban J connectivity index is 2.73. The Bertz CT molecular complexity index is 299. The van der Waals surface area contributed by atoms with Crippen LogP contribution < -0.4 is 11.3 Å². The summed E-state index contributed by atoms with van der Waals surface area (Å²) in [7, 11) is 0. The molecule has 0 aliphatic heterocycles. The first kappa shape index (κ1) is 12.1. The summed E-state index contributed by atoms with van der Waals surface area (Å²) in [6.45, 7) is 6.49. The Morgan fingerprint density at radius 3 is 2.73 bits per heavy atom. The fourth-order valence-corrected chi connectivity index (χ4v) is 1.64. The van der Waals surface area contributed by atoms with Crippen LogP contribution in [0.15, 0.2) is 18.5 Å². The Morgan fingerprint density at radius 2 is 2.20 bits per heavy atom. The number of nitrogens with two attached hydrogens (primary N) is 1. The smallest absolute Gasteiger partial charge is 0.0477 e. The first-order valence-corrected chi connectivity index (χ1v) is 5.55. The topological polar surface area (TPSA) is 50.9 Å². The second kappa shape index (κ2) is 5.83. The molecule has 0 saturated heterocycles. The van der Waals surface area contributed by atoms with Crippen molar-refractivity contribution < 1.29 is 0 Å². The van der Waals surface area contributed by atoms with Gasteiger partial charge in [-0.25, -0.2) is 0 Å². The molecule has 0 bridgehead atoms. The van der Waals surface area contributed by atoms with Gasteiger partial charge in [-0.2, -0.15) is 0 Å². The van der Waals surface area contributed by atoms with Crippen LogP contribution in [0.5, 0.6) is 0 Å². The van der Waals surface area contributed by atoms with Gasteiger partial charge in [-0.05, 0) is 30.4 Å². The third kappa shape index (κ3) is 3.61. The highest BCUT2D eigenvalue weighted by Crippen LogP contribution is 2.22. The summed E-state index contributed by atoms with van der Waals surface area (Å²) in [5.74, 6) is 6.25. The molecule has 0 saturated carbocycles. The normalized spacial score (nSPS) is 14.9. The molecule has 1 aromatic rings. The lowest BCUT2D eigenvalue weighted by Crippen LogP contribution is -2.29. The number of nitrogens with one attached hydrogen (secondary N) is 1. The molecule has 0 amide bonds. The van der Waals surface area contributed by atoms with Crippen molar-refractivity contribution in [1.29, 1.82) is 0 Å². The molecule has 0 aliphatic carbocycles.